The minimum Gasteiger partial charge on any atom is -0.287 e. The first-order chi connectivity index (χ1) is 9.63. The first-order valence-electron chi connectivity index (χ1n) is 6.47. The zero-order chi connectivity index (χ0) is 14.5. The third-order valence-corrected chi connectivity index (χ3v) is 4.40. The SMILES string of the molecule is Cc1ccccc1CC(=N)N(C#N)[C@H](C)c1cccs1. The van der Waals surface area contributed by atoms with Gasteiger partial charge in [-0.1, -0.05) is 30.3 Å². The molecule has 0 aliphatic heterocycles. The summed E-state index contributed by atoms with van der Waals surface area (Å²) in [5.74, 6) is 0.336. The maximum absolute atomic E-state index is 9.35. The van der Waals surface area contributed by atoms with Gasteiger partial charge in [0.15, 0.2) is 6.19 Å². The second-order valence-corrected chi connectivity index (χ2v) is 5.69. The number of amidine groups is 1. The second-order valence-electron chi connectivity index (χ2n) is 4.71. The van der Waals surface area contributed by atoms with E-state index in [0.29, 0.717) is 12.3 Å². The van der Waals surface area contributed by atoms with Crippen molar-refractivity contribution in [3.8, 4) is 6.19 Å². The number of nitrogens with one attached hydrogen (secondary N) is 1. The van der Waals surface area contributed by atoms with Gasteiger partial charge >= 0.3 is 0 Å². The van der Waals surface area contributed by atoms with Crippen LogP contribution in [0.2, 0.25) is 0 Å². The average Bonchev–Trinajstić information content (AvgIpc) is 2.96. The molecule has 0 amide bonds. The monoisotopic (exact) mass is 283 g/mol. The van der Waals surface area contributed by atoms with E-state index in [1.54, 1.807) is 11.3 Å². The van der Waals surface area contributed by atoms with Crippen molar-refractivity contribution in [2.75, 3.05) is 0 Å². The van der Waals surface area contributed by atoms with E-state index in [1.807, 2.05) is 55.6 Å². The molecule has 2 rings (SSSR count). The van der Waals surface area contributed by atoms with E-state index in [2.05, 4.69) is 6.19 Å². The molecular weight excluding hydrogens is 266 g/mol. The van der Waals surface area contributed by atoms with E-state index >= 15 is 0 Å². The molecule has 0 saturated carbocycles. The molecule has 0 fully saturated rings. The smallest absolute Gasteiger partial charge is 0.185 e. The van der Waals surface area contributed by atoms with Gasteiger partial charge in [0.05, 0.1) is 6.04 Å². The number of hydrogen-bond acceptors (Lipinski definition) is 3. The number of benzene rings is 1. The predicted molar refractivity (Wildman–Crippen MR) is 82.8 cm³/mol. The fraction of sp³-hybridized carbons (Fsp3) is 0.250. The Bertz CT molecular complexity index is 625. The summed E-state index contributed by atoms with van der Waals surface area (Å²) in [6.45, 7) is 3.99. The highest BCUT2D eigenvalue weighted by atomic mass is 32.1. The largest absolute Gasteiger partial charge is 0.287 e. The summed E-state index contributed by atoms with van der Waals surface area (Å²) in [6.07, 6.45) is 2.63. The molecule has 0 saturated heterocycles. The summed E-state index contributed by atoms with van der Waals surface area (Å²) in [6, 6.07) is 11.9. The number of hydrogen-bond donors (Lipinski definition) is 1. The molecule has 0 aliphatic rings. The third kappa shape index (κ3) is 3.06. The van der Waals surface area contributed by atoms with Crippen molar-refractivity contribution in [3.63, 3.8) is 0 Å². The standard InChI is InChI=1S/C16H17N3S/c1-12-6-3-4-7-14(12)10-16(18)19(11-17)13(2)15-8-5-9-20-15/h3-9,13,18H,10H2,1-2H3/t13-/m1/s1. The van der Waals surface area contributed by atoms with E-state index in [4.69, 9.17) is 5.41 Å². The summed E-state index contributed by atoms with van der Waals surface area (Å²) in [5.41, 5.74) is 2.25. The van der Waals surface area contributed by atoms with Crippen LogP contribution in [-0.4, -0.2) is 10.7 Å². The summed E-state index contributed by atoms with van der Waals surface area (Å²) in [4.78, 5) is 2.58. The van der Waals surface area contributed by atoms with Crippen LogP contribution in [-0.2, 0) is 6.42 Å². The zero-order valence-corrected chi connectivity index (χ0v) is 12.4. The van der Waals surface area contributed by atoms with Crippen LogP contribution < -0.4 is 0 Å². The highest BCUT2D eigenvalue weighted by molar-refractivity contribution is 7.10. The van der Waals surface area contributed by atoms with Crippen LogP contribution in [0.5, 0.6) is 0 Å². The molecular formula is C16H17N3S. The Hall–Kier alpha value is -2.12. The van der Waals surface area contributed by atoms with Gasteiger partial charge in [-0.3, -0.25) is 10.3 Å². The Labute approximate surface area is 123 Å². The Morgan fingerprint density at radius 2 is 2.10 bits per heavy atom. The molecule has 0 radical (unpaired) electrons. The van der Waals surface area contributed by atoms with Crippen LogP contribution in [0.15, 0.2) is 41.8 Å². The van der Waals surface area contributed by atoms with E-state index in [1.165, 1.54) is 4.90 Å². The van der Waals surface area contributed by atoms with Crippen molar-refractivity contribution in [2.24, 2.45) is 0 Å². The van der Waals surface area contributed by atoms with Gasteiger partial charge in [0.25, 0.3) is 0 Å². The first-order valence-corrected chi connectivity index (χ1v) is 7.35. The highest BCUT2D eigenvalue weighted by Crippen LogP contribution is 2.25. The van der Waals surface area contributed by atoms with Crippen LogP contribution in [0.1, 0.15) is 29.0 Å². The Balaban J connectivity index is 2.15. The van der Waals surface area contributed by atoms with Crippen LogP contribution >= 0.6 is 11.3 Å². The predicted octanol–water partition coefficient (Wildman–Crippen LogP) is 4.12. The van der Waals surface area contributed by atoms with Gasteiger partial charge in [0.2, 0.25) is 0 Å². The van der Waals surface area contributed by atoms with E-state index in [9.17, 15) is 5.26 Å². The molecule has 0 bridgehead atoms. The van der Waals surface area contributed by atoms with Crippen molar-refractivity contribution in [3.05, 3.63) is 57.8 Å². The van der Waals surface area contributed by atoms with Crippen LogP contribution in [0.3, 0.4) is 0 Å². The highest BCUT2D eigenvalue weighted by Gasteiger charge is 2.19. The van der Waals surface area contributed by atoms with Crippen molar-refractivity contribution in [1.29, 1.82) is 10.7 Å². The Kier molecular flexibility index (Phi) is 4.54. The quantitative estimate of drug-likeness (QED) is 0.397. The van der Waals surface area contributed by atoms with Gasteiger partial charge in [-0.15, -0.1) is 11.3 Å². The van der Waals surface area contributed by atoms with Crippen LogP contribution in [0.4, 0.5) is 0 Å². The molecule has 0 spiro atoms. The molecule has 1 aromatic heterocycles. The number of thiophene rings is 1. The normalized spacial score (nSPS) is 11.7. The van der Waals surface area contributed by atoms with Crippen molar-refractivity contribution in [2.45, 2.75) is 26.3 Å². The molecule has 2 aromatic rings. The van der Waals surface area contributed by atoms with Gasteiger partial charge in [0, 0.05) is 11.3 Å². The molecule has 1 atom stereocenters. The molecule has 3 nitrogen and oxygen atoms in total. The maximum atomic E-state index is 9.35. The molecule has 1 aromatic carbocycles. The number of nitrogens with zero attached hydrogens (tertiary/aromatic N) is 2. The average molecular weight is 283 g/mol. The lowest BCUT2D eigenvalue weighted by molar-refractivity contribution is 0.456. The summed E-state index contributed by atoms with van der Waals surface area (Å²) in [7, 11) is 0. The molecule has 102 valence electrons. The van der Waals surface area contributed by atoms with E-state index in [-0.39, 0.29) is 6.04 Å². The minimum atomic E-state index is -0.0866. The van der Waals surface area contributed by atoms with Crippen LogP contribution in [0, 0.1) is 23.8 Å². The van der Waals surface area contributed by atoms with Gasteiger partial charge in [-0.05, 0) is 36.4 Å². The molecule has 1 N–H and O–H groups in total. The van der Waals surface area contributed by atoms with Gasteiger partial charge in [-0.25, -0.2) is 0 Å². The summed E-state index contributed by atoms with van der Waals surface area (Å²) < 4.78 is 0. The van der Waals surface area contributed by atoms with Crippen molar-refractivity contribution >= 4 is 17.2 Å². The lowest BCUT2D eigenvalue weighted by Gasteiger charge is -2.23. The molecule has 0 unspecified atom stereocenters. The lowest BCUT2D eigenvalue weighted by atomic mass is 10.0. The van der Waals surface area contributed by atoms with E-state index < -0.39 is 0 Å². The van der Waals surface area contributed by atoms with Crippen LogP contribution in [0.25, 0.3) is 0 Å². The zero-order valence-electron chi connectivity index (χ0n) is 11.6. The topological polar surface area (TPSA) is 50.9 Å². The van der Waals surface area contributed by atoms with Crippen molar-refractivity contribution < 1.29 is 0 Å². The van der Waals surface area contributed by atoms with Gasteiger partial charge in [0.1, 0.15) is 5.84 Å². The maximum Gasteiger partial charge on any atom is 0.185 e. The summed E-state index contributed by atoms with van der Waals surface area (Å²) in [5, 5.41) is 19.6. The Morgan fingerprint density at radius 1 is 1.35 bits per heavy atom. The second kappa shape index (κ2) is 6.36. The molecule has 1 heterocycles. The Morgan fingerprint density at radius 3 is 2.70 bits per heavy atom. The van der Waals surface area contributed by atoms with E-state index in [0.717, 1.165) is 16.0 Å². The molecule has 4 heteroatoms. The number of rotatable bonds is 4. The van der Waals surface area contributed by atoms with Gasteiger partial charge < -0.3 is 0 Å². The van der Waals surface area contributed by atoms with Crippen molar-refractivity contribution in [1.82, 2.24) is 4.90 Å². The minimum absolute atomic E-state index is 0.0866. The number of aryl methyl sites for hydroxylation is 1. The third-order valence-electron chi connectivity index (χ3n) is 3.36. The summed E-state index contributed by atoms with van der Waals surface area (Å²) >= 11 is 1.61. The lowest BCUT2D eigenvalue weighted by Crippen LogP contribution is -2.29. The van der Waals surface area contributed by atoms with Gasteiger partial charge in [-0.2, -0.15) is 5.26 Å². The molecule has 20 heavy (non-hydrogen) atoms. The fourth-order valence-electron chi connectivity index (χ4n) is 2.11. The molecule has 0 aliphatic carbocycles. The first kappa shape index (κ1) is 14.3. The fourth-order valence-corrected chi connectivity index (χ4v) is 2.88. The number of nitriles is 1.